The summed E-state index contributed by atoms with van der Waals surface area (Å²) in [6, 6.07) is 0. The molecule has 0 aliphatic carbocycles. The van der Waals surface area contributed by atoms with Crippen LogP contribution in [0, 0.1) is 40.5 Å². The van der Waals surface area contributed by atoms with Gasteiger partial charge in [0.25, 0.3) is 0 Å². The first-order valence-electron chi connectivity index (χ1n) is 5.90. The molecule has 0 aliphatic heterocycles. The number of hydrogen-bond acceptors (Lipinski definition) is 10. The van der Waals surface area contributed by atoms with Crippen LogP contribution in [0.15, 0.2) is 0 Å². The summed E-state index contributed by atoms with van der Waals surface area (Å²) >= 11 is 0. The number of aromatic amines is 2. The highest BCUT2D eigenvalue weighted by molar-refractivity contribution is 5.58. The van der Waals surface area contributed by atoms with E-state index >= 15 is 0 Å². The molecule has 0 aromatic carbocycles. The largest absolute Gasteiger partial charge is 0.423 e. The van der Waals surface area contributed by atoms with Crippen molar-refractivity contribution >= 4 is 23.3 Å². The molecule has 0 unspecified atom stereocenters. The van der Waals surface area contributed by atoms with E-state index in [9.17, 15) is 40.5 Å². The molecule has 0 spiro atoms. The summed E-state index contributed by atoms with van der Waals surface area (Å²) in [5.74, 6) is -5.24. The predicted octanol–water partition coefficient (Wildman–Crippen LogP) is 0.917. The van der Waals surface area contributed by atoms with Crippen LogP contribution in [0.5, 0.6) is 0 Å². The van der Waals surface area contributed by atoms with Crippen molar-refractivity contribution < 1.29 is 19.7 Å². The quantitative estimate of drug-likeness (QED) is 0.556. The van der Waals surface area contributed by atoms with E-state index < -0.39 is 60.0 Å². The van der Waals surface area contributed by atoms with Gasteiger partial charge in [-0.3, -0.25) is 0 Å². The first-order valence-corrected chi connectivity index (χ1v) is 5.90. The van der Waals surface area contributed by atoms with Gasteiger partial charge in [-0.1, -0.05) is 6.92 Å². The Morgan fingerprint density at radius 3 is 1.33 bits per heavy atom. The molecule has 2 heterocycles. The summed E-state index contributed by atoms with van der Waals surface area (Å²) in [6.45, 7) is 1.09. The summed E-state index contributed by atoms with van der Waals surface area (Å²) in [5, 5.41) is 54.0. The molecule has 0 radical (unpaired) electrons. The predicted molar refractivity (Wildman–Crippen MR) is 71.3 cm³/mol. The molecule has 2 aromatic heterocycles. The second-order valence-electron chi connectivity index (χ2n) is 4.37. The van der Waals surface area contributed by atoms with Gasteiger partial charge in [-0.15, -0.1) is 0 Å². The molecular weight excluding hydrogens is 336 g/mol. The minimum absolute atomic E-state index is 0.641. The van der Waals surface area contributed by atoms with Crippen molar-refractivity contribution in [3.8, 4) is 0 Å². The van der Waals surface area contributed by atoms with Gasteiger partial charge in [0.2, 0.25) is 0 Å². The van der Waals surface area contributed by atoms with Crippen LogP contribution >= 0.6 is 0 Å². The summed E-state index contributed by atoms with van der Waals surface area (Å²) in [4.78, 5) is 39.8. The summed E-state index contributed by atoms with van der Waals surface area (Å²) in [5.41, 5.74) is -1.28. The number of nitro groups is 4. The van der Waals surface area contributed by atoms with Gasteiger partial charge in [0.1, 0.15) is 10.2 Å². The van der Waals surface area contributed by atoms with E-state index in [1.807, 2.05) is 10.2 Å². The maximum atomic E-state index is 11.0. The van der Waals surface area contributed by atoms with Gasteiger partial charge in [0.05, 0.1) is 0 Å². The third kappa shape index (κ3) is 2.46. The van der Waals surface area contributed by atoms with Crippen molar-refractivity contribution in [3.05, 3.63) is 51.6 Å². The molecule has 16 heteroatoms. The van der Waals surface area contributed by atoms with E-state index in [4.69, 9.17) is 0 Å². The monoisotopic (exact) mass is 342 g/mol. The Bertz CT molecular complexity index is 734. The topological polar surface area (TPSA) is 230 Å². The van der Waals surface area contributed by atoms with E-state index in [0.29, 0.717) is 0 Å². The number of aromatic nitrogens is 4. The van der Waals surface area contributed by atoms with Gasteiger partial charge in [-0.2, -0.15) is 0 Å². The number of rotatable bonds is 6. The lowest BCUT2D eigenvalue weighted by Crippen LogP contribution is -2.06. The Morgan fingerprint density at radius 2 is 1.08 bits per heavy atom. The molecule has 2 N–H and O–H groups in total. The molecule has 2 aromatic rings. The van der Waals surface area contributed by atoms with Gasteiger partial charge >= 0.3 is 23.3 Å². The van der Waals surface area contributed by atoms with Gasteiger partial charge in [-0.05, 0) is 29.9 Å². The Hall–Kier alpha value is -3.98. The molecule has 2 rings (SSSR count). The van der Waals surface area contributed by atoms with Crippen LogP contribution in [-0.4, -0.2) is 40.1 Å². The molecular formula is C8H6N8O8. The summed E-state index contributed by atoms with van der Waals surface area (Å²) in [7, 11) is 0. The fourth-order valence-corrected chi connectivity index (χ4v) is 2.16. The van der Waals surface area contributed by atoms with Crippen LogP contribution in [0.1, 0.15) is 24.0 Å². The maximum Gasteiger partial charge on any atom is 0.423 e. The van der Waals surface area contributed by atoms with Crippen molar-refractivity contribution in [1.29, 1.82) is 0 Å². The normalized spacial score (nSPS) is 10.8. The average Bonchev–Trinajstić information content (AvgIpc) is 3.10. The fraction of sp³-hybridized carbons (Fsp3) is 0.250. The van der Waals surface area contributed by atoms with Crippen molar-refractivity contribution in [3.63, 3.8) is 0 Å². The van der Waals surface area contributed by atoms with E-state index in [2.05, 4.69) is 10.2 Å². The number of H-pyrrole nitrogens is 2. The molecule has 0 saturated carbocycles. The lowest BCUT2D eigenvalue weighted by atomic mass is 9.95. The molecule has 0 amide bonds. The van der Waals surface area contributed by atoms with Crippen molar-refractivity contribution in [1.82, 2.24) is 20.4 Å². The average molecular weight is 342 g/mol. The lowest BCUT2D eigenvalue weighted by Gasteiger charge is -2.06. The summed E-state index contributed by atoms with van der Waals surface area (Å²) in [6.07, 6.45) is 0. The molecule has 126 valence electrons. The second-order valence-corrected chi connectivity index (χ2v) is 4.37. The van der Waals surface area contributed by atoms with Gasteiger partial charge in [0, 0.05) is 5.92 Å². The van der Waals surface area contributed by atoms with Crippen LogP contribution in [-0.2, 0) is 0 Å². The molecule has 0 atom stereocenters. The highest BCUT2D eigenvalue weighted by Gasteiger charge is 2.43. The number of nitrogens with one attached hydrogen (secondary N) is 2. The molecule has 0 aliphatic rings. The minimum Gasteiger partial charge on any atom is -0.358 e. The summed E-state index contributed by atoms with van der Waals surface area (Å²) < 4.78 is 0. The maximum absolute atomic E-state index is 11.0. The molecule has 16 nitrogen and oxygen atoms in total. The van der Waals surface area contributed by atoms with Crippen LogP contribution in [0.3, 0.4) is 0 Å². The van der Waals surface area contributed by atoms with Gasteiger partial charge in [0.15, 0.2) is 11.1 Å². The van der Waals surface area contributed by atoms with Crippen LogP contribution in [0.4, 0.5) is 23.3 Å². The SMILES string of the molecule is CC(c1c([N+](=O)[O-])n[nH]c1[N+](=O)[O-])c1c([N+](=O)[O-])n[nH]c1[N+](=O)[O-]. The van der Waals surface area contributed by atoms with E-state index in [1.54, 1.807) is 0 Å². The van der Waals surface area contributed by atoms with Crippen molar-refractivity contribution in [2.75, 3.05) is 0 Å². The first-order chi connectivity index (χ1) is 11.2. The Balaban J connectivity index is 2.76. The zero-order chi connectivity index (χ0) is 18.2. The minimum atomic E-state index is -1.48. The van der Waals surface area contributed by atoms with Crippen molar-refractivity contribution in [2.24, 2.45) is 0 Å². The van der Waals surface area contributed by atoms with Crippen LogP contribution in [0.2, 0.25) is 0 Å². The molecule has 0 bridgehead atoms. The second kappa shape index (κ2) is 5.66. The number of nitrogens with zero attached hydrogens (tertiary/aromatic N) is 6. The van der Waals surface area contributed by atoms with E-state index in [-0.39, 0.29) is 0 Å². The first kappa shape index (κ1) is 16.4. The zero-order valence-electron chi connectivity index (χ0n) is 11.5. The third-order valence-electron chi connectivity index (χ3n) is 3.10. The van der Waals surface area contributed by atoms with Crippen LogP contribution in [0.25, 0.3) is 0 Å². The van der Waals surface area contributed by atoms with Gasteiger partial charge < -0.3 is 40.5 Å². The lowest BCUT2D eigenvalue weighted by molar-refractivity contribution is -0.397. The Labute approximate surface area is 129 Å². The zero-order valence-corrected chi connectivity index (χ0v) is 11.5. The van der Waals surface area contributed by atoms with E-state index in [0.717, 1.165) is 6.92 Å². The van der Waals surface area contributed by atoms with Gasteiger partial charge in [-0.25, -0.2) is 0 Å². The smallest absolute Gasteiger partial charge is 0.358 e. The Kier molecular flexibility index (Phi) is 3.87. The van der Waals surface area contributed by atoms with Crippen molar-refractivity contribution in [2.45, 2.75) is 12.8 Å². The Morgan fingerprint density at radius 1 is 0.750 bits per heavy atom. The molecule has 0 fully saturated rings. The van der Waals surface area contributed by atoms with Crippen LogP contribution < -0.4 is 0 Å². The standard InChI is InChI=1S/C8H6N8O8/c1-2(3-5(13(17)18)9-10-6(3)14(19)20)4-7(15(21)22)11-12-8(4)16(23)24/h2H,1H3,(H,9,10)(H,11,12). The number of hydrogen-bond donors (Lipinski definition) is 2. The fourth-order valence-electron chi connectivity index (χ4n) is 2.16. The molecule has 24 heavy (non-hydrogen) atoms. The highest BCUT2D eigenvalue weighted by Crippen LogP contribution is 2.42. The van der Waals surface area contributed by atoms with E-state index in [1.165, 1.54) is 0 Å². The molecule has 0 saturated heterocycles. The third-order valence-corrected chi connectivity index (χ3v) is 3.10. The highest BCUT2D eigenvalue weighted by atomic mass is 16.6.